The molecule has 0 aromatic carbocycles. The number of hydrogen-bond donors (Lipinski definition) is 2. The number of rotatable bonds is 1. The Kier molecular flexibility index (Phi) is 1.84. The highest BCUT2D eigenvalue weighted by Crippen LogP contribution is 1.94. The summed E-state index contributed by atoms with van der Waals surface area (Å²) in [6.07, 6.45) is 1.56. The van der Waals surface area contributed by atoms with Gasteiger partial charge in [-0.05, 0) is 12.1 Å². The van der Waals surface area contributed by atoms with Crippen LogP contribution in [-0.4, -0.2) is 10.8 Å². The molecule has 0 amide bonds. The molecule has 2 N–H and O–H groups in total. The Bertz CT molecular complexity index is 241. The first-order valence-electron chi connectivity index (χ1n) is 2.72. The van der Waals surface area contributed by atoms with Crippen molar-refractivity contribution >= 4 is 5.84 Å². The van der Waals surface area contributed by atoms with Crippen molar-refractivity contribution in [3.8, 4) is 0 Å². The van der Waals surface area contributed by atoms with Crippen LogP contribution in [0.3, 0.4) is 0 Å². The molecule has 0 aliphatic carbocycles. The summed E-state index contributed by atoms with van der Waals surface area (Å²) in [7, 11) is 0. The van der Waals surface area contributed by atoms with Gasteiger partial charge in [0.25, 0.3) is 0 Å². The van der Waals surface area contributed by atoms with Crippen molar-refractivity contribution in [2.24, 2.45) is 5.11 Å². The Morgan fingerprint density at radius 3 is 2.80 bits per heavy atom. The monoisotopic (exact) mass is 134 g/mol. The van der Waals surface area contributed by atoms with Crippen LogP contribution in [0.15, 0.2) is 29.5 Å². The Morgan fingerprint density at radius 1 is 1.50 bits per heavy atom. The van der Waals surface area contributed by atoms with E-state index in [1.807, 2.05) is 0 Å². The number of nitrogens with zero attached hydrogens (tertiary/aromatic N) is 2. The molecule has 1 aromatic rings. The SMILES string of the molecule is N=NC(=N)c1ccccn1. The lowest BCUT2D eigenvalue weighted by atomic mass is 10.3. The van der Waals surface area contributed by atoms with Gasteiger partial charge in [0.15, 0.2) is 5.84 Å². The molecule has 0 spiro atoms. The number of amidine groups is 1. The lowest BCUT2D eigenvalue weighted by molar-refractivity contribution is 1.14. The van der Waals surface area contributed by atoms with Gasteiger partial charge in [-0.25, -0.2) is 5.53 Å². The number of pyridine rings is 1. The van der Waals surface area contributed by atoms with Gasteiger partial charge in [0.05, 0.1) is 0 Å². The molecule has 0 unspecified atom stereocenters. The second kappa shape index (κ2) is 2.82. The van der Waals surface area contributed by atoms with E-state index in [2.05, 4.69) is 10.1 Å². The third kappa shape index (κ3) is 1.22. The van der Waals surface area contributed by atoms with E-state index >= 15 is 0 Å². The van der Waals surface area contributed by atoms with Crippen LogP contribution in [-0.2, 0) is 0 Å². The lowest BCUT2D eigenvalue weighted by Gasteiger charge is -1.91. The predicted octanol–water partition coefficient (Wildman–Crippen LogP) is 1.44. The van der Waals surface area contributed by atoms with Crippen LogP contribution >= 0.6 is 0 Å². The summed E-state index contributed by atoms with van der Waals surface area (Å²) in [6.45, 7) is 0. The second-order valence-corrected chi connectivity index (χ2v) is 1.68. The Morgan fingerprint density at radius 2 is 2.30 bits per heavy atom. The largest absolute Gasteiger partial charge is 0.280 e. The van der Waals surface area contributed by atoms with Crippen molar-refractivity contribution in [3.63, 3.8) is 0 Å². The van der Waals surface area contributed by atoms with E-state index in [1.54, 1.807) is 24.4 Å². The fraction of sp³-hybridized carbons (Fsp3) is 0. The van der Waals surface area contributed by atoms with Crippen LogP contribution in [0.25, 0.3) is 0 Å². The summed E-state index contributed by atoms with van der Waals surface area (Å²) >= 11 is 0. The van der Waals surface area contributed by atoms with Crippen LogP contribution in [0.2, 0.25) is 0 Å². The molecule has 0 radical (unpaired) electrons. The summed E-state index contributed by atoms with van der Waals surface area (Å²) in [5.74, 6) is -0.111. The van der Waals surface area contributed by atoms with E-state index in [0.717, 1.165) is 0 Å². The molecule has 0 fully saturated rings. The van der Waals surface area contributed by atoms with E-state index in [0.29, 0.717) is 5.69 Å². The molecule has 0 saturated heterocycles. The lowest BCUT2D eigenvalue weighted by Crippen LogP contribution is -1.95. The molecular formula is C6H6N4. The first-order chi connectivity index (χ1) is 4.84. The van der Waals surface area contributed by atoms with Crippen LogP contribution < -0.4 is 0 Å². The Hall–Kier alpha value is -1.58. The normalized spacial score (nSPS) is 8.80. The fourth-order valence-electron chi connectivity index (χ4n) is 0.560. The van der Waals surface area contributed by atoms with Gasteiger partial charge in [-0.15, -0.1) is 5.11 Å². The first kappa shape index (κ1) is 6.54. The molecule has 0 bridgehead atoms. The summed E-state index contributed by atoms with van der Waals surface area (Å²) in [4.78, 5) is 3.81. The highest BCUT2D eigenvalue weighted by Gasteiger charge is 1.96. The van der Waals surface area contributed by atoms with Gasteiger partial charge in [-0.1, -0.05) is 6.07 Å². The number of nitrogens with one attached hydrogen (secondary N) is 2. The highest BCUT2D eigenvalue weighted by molar-refractivity contribution is 5.94. The van der Waals surface area contributed by atoms with Gasteiger partial charge in [0, 0.05) is 6.20 Å². The predicted molar refractivity (Wildman–Crippen MR) is 36.2 cm³/mol. The zero-order chi connectivity index (χ0) is 7.40. The van der Waals surface area contributed by atoms with Gasteiger partial charge in [0.2, 0.25) is 0 Å². The maximum absolute atomic E-state index is 7.06. The van der Waals surface area contributed by atoms with Gasteiger partial charge >= 0.3 is 0 Å². The minimum absolute atomic E-state index is 0.111. The zero-order valence-corrected chi connectivity index (χ0v) is 5.20. The van der Waals surface area contributed by atoms with Crippen molar-refractivity contribution < 1.29 is 0 Å². The third-order valence-electron chi connectivity index (χ3n) is 1.02. The molecule has 1 aromatic heterocycles. The van der Waals surface area contributed by atoms with E-state index in [4.69, 9.17) is 10.9 Å². The Labute approximate surface area is 57.9 Å². The average Bonchev–Trinajstić information content (AvgIpc) is 2.05. The standard InChI is InChI=1S/C6H6N4/c7-6(10-8)5-3-1-2-4-9-5/h1-4,7-8H. The van der Waals surface area contributed by atoms with Gasteiger partial charge in [-0.3, -0.25) is 10.4 Å². The first-order valence-corrected chi connectivity index (χ1v) is 2.72. The maximum atomic E-state index is 7.06. The molecule has 0 saturated carbocycles. The third-order valence-corrected chi connectivity index (χ3v) is 1.02. The highest BCUT2D eigenvalue weighted by atomic mass is 15.0. The van der Waals surface area contributed by atoms with E-state index in [1.165, 1.54) is 0 Å². The molecule has 4 heteroatoms. The molecule has 4 nitrogen and oxygen atoms in total. The smallest absolute Gasteiger partial charge is 0.192 e. The molecular weight excluding hydrogens is 128 g/mol. The van der Waals surface area contributed by atoms with E-state index in [-0.39, 0.29) is 5.84 Å². The topological polar surface area (TPSA) is 73.0 Å². The van der Waals surface area contributed by atoms with Gasteiger partial charge in [-0.2, -0.15) is 0 Å². The van der Waals surface area contributed by atoms with Crippen molar-refractivity contribution in [1.82, 2.24) is 4.98 Å². The van der Waals surface area contributed by atoms with Crippen molar-refractivity contribution in [1.29, 1.82) is 10.9 Å². The van der Waals surface area contributed by atoms with Crippen LogP contribution in [0.1, 0.15) is 5.69 Å². The molecule has 0 aliphatic rings. The fourth-order valence-corrected chi connectivity index (χ4v) is 0.560. The minimum atomic E-state index is -0.111. The van der Waals surface area contributed by atoms with E-state index < -0.39 is 0 Å². The van der Waals surface area contributed by atoms with E-state index in [9.17, 15) is 0 Å². The molecule has 1 rings (SSSR count). The van der Waals surface area contributed by atoms with Crippen molar-refractivity contribution in [2.75, 3.05) is 0 Å². The second-order valence-electron chi connectivity index (χ2n) is 1.68. The van der Waals surface area contributed by atoms with Gasteiger partial charge < -0.3 is 0 Å². The maximum Gasteiger partial charge on any atom is 0.192 e. The molecule has 50 valence electrons. The van der Waals surface area contributed by atoms with Gasteiger partial charge in [0.1, 0.15) is 5.69 Å². The molecule has 1 heterocycles. The molecule has 0 aliphatic heterocycles. The molecule has 10 heavy (non-hydrogen) atoms. The minimum Gasteiger partial charge on any atom is -0.280 e. The van der Waals surface area contributed by atoms with Crippen LogP contribution in [0, 0.1) is 10.9 Å². The van der Waals surface area contributed by atoms with Crippen LogP contribution in [0.4, 0.5) is 0 Å². The number of hydrogen-bond acceptors (Lipinski definition) is 3. The number of aromatic nitrogens is 1. The summed E-state index contributed by atoms with van der Waals surface area (Å²) in [5, 5.41) is 9.99. The van der Waals surface area contributed by atoms with Crippen LogP contribution in [0.5, 0.6) is 0 Å². The summed E-state index contributed by atoms with van der Waals surface area (Å²) in [5.41, 5.74) is 6.93. The Balaban J connectivity index is 2.95. The molecule has 0 atom stereocenters. The van der Waals surface area contributed by atoms with Crippen molar-refractivity contribution in [2.45, 2.75) is 0 Å². The quantitative estimate of drug-likeness (QED) is 0.340. The summed E-state index contributed by atoms with van der Waals surface area (Å²) in [6, 6.07) is 5.14. The zero-order valence-electron chi connectivity index (χ0n) is 5.20. The summed E-state index contributed by atoms with van der Waals surface area (Å²) < 4.78 is 0. The average molecular weight is 134 g/mol. The van der Waals surface area contributed by atoms with Crippen molar-refractivity contribution in [3.05, 3.63) is 30.1 Å².